The van der Waals surface area contributed by atoms with Gasteiger partial charge in [-0.15, -0.1) is 0 Å². The second kappa shape index (κ2) is 10.3. The largest absolute Gasteiger partial charge is 0.277 e. The van der Waals surface area contributed by atoms with Crippen molar-refractivity contribution in [1.29, 1.82) is 5.26 Å². The van der Waals surface area contributed by atoms with Crippen LogP contribution in [0, 0.1) is 11.3 Å². The number of benzene rings is 6. The van der Waals surface area contributed by atoms with Gasteiger partial charge in [-0.05, 0) is 69.3 Å². The topological polar surface area (TPSA) is 67.4 Å². The molecule has 0 N–H and O–H groups in total. The van der Waals surface area contributed by atoms with Crippen molar-refractivity contribution in [2.45, 2.75) is 38.5 Å². The van der Waals surface area contributed by atoms with Crippen LogP contribution in [0.25, 0.3) is 72.8 Å². The number of fused-ring (bicyclic) bond motifs is 12. The molecule has 6 aromatic carbocycles. The van der Waals surface area contributed by atoms with Crippen molar-refractivity contribution in [3.63, 3.8) is 0 Å². The smallest absolute Gasteiger partial charge is 0.238 e. The maximum absolute atomic E-state index is 9.51. The lowest BCUT2D eigenvalue weighted by atomic mass is 9.72. The first-order valence-corrected chi connectivity index (χ1v) is 17.5. The van der Waals surface area contributed by atoms with E-state index in [0.29, 0.717) is 23.2 Å². The lowest BCUT2D eigenvalue weighted by Crippen LogP contribution is -2.24. The molecule has 2 aromatic heterocycles. The average molecular weight is 656 g/mol. The van der Waals surface area contributed by atoms with Crippen molar-refractivity contribution in [2.24, 2.45) is 0 Å². The van der Waals surface area contributed by atoms with Crippen molar-refractivity contribution in [1.82, 2.24) is 19.5 Å². The Morgan fingerprint density at radius 1 is 0.549 bits per heavy atom. The van der Waals surface area contributed by atoms with Crippen molar-refractivity contribution in [2.75, 3.05) is 0 Å². The molecule has 0 aliphatic heterocycles. The Labute approximate surface area is 296 Å². The molecule has 0 spiro atoms. The maximum Gasteiger partial charge on any atom is 0.238 e. The molecule has 5 nitrogen and oxygen atoms in total. The predicted octanol–water partition coefficient (Wildman–Crippen LogP) is 10.8. The minimum absolute atomic E-state index is 0.205. The van der Waals surface area contributed by atoms with Gasteiger partial charge < -0.3 is 0 Å². The molecular weight excluding hydrogens is 623 g/mol. The summed E-state index contributed by atoms with van der Waals surface area (Å²) in [5.74, 6) is 1.71. The van der Waals surface area contributed by atoms with E-state index in [1.165, 1.54) is 55.3 Å². The van der Waals surface area contributed by atoms with Crippen molar-refractivity contribution in [3.05, 3.63) is 155 Å². The maximum atomic E-state index is 9.51. The van der Waals surface area contributed by atoms with E-state index < -0.39 is 0 Å². The van der Waals surface area contributed by atoms with Gasteiger partial charge in [-0.2, -0.15) is 15.2 Å². The summed E-state index contributed by atoms with van der Waals surface area (Å²) in [5, 5.41) is 11.9. The summed E-state index contributed by atoms with van der Waals surface area (Å²) < 4.78 is 2.29. The monoisotopic (exact) mass is 655 g/mol. The highest BCUT2D eigenvalue weighted by molar-refractivity contribution is 6.23. The van der Waals surface area contributed by atoms with Gasteiger partial charge in [0.05, 0.1) is 22.7 Å². The minimum Gasteiger partial charge on any atom is -0.277 e. The minimum atomic E-state index is -0.243. The Morgan fingerprint density at radius 2 is 1.08 bits per heavy atom. The number of nitrogens with zero attached hydrogens (tertiary/aromatic N) is 5. The van der Waals surface area contributed by atoms with Crippen LogP contribution in [0.5, 0.6) is 0 Å². The van der Waals surface area contributed by atoms with Crippen LogP contribution in [0.4, 0.5) is 0 Å². The summed E-state index contributed by atoms with van der Waals surface area (Å²) in [5.41, 5.74) is 14.6. The summed E-state index contributed by atoms with van der Waals surface area (Å²) in [7, 11) is 0. The third-order valence-corrected chi connectivity index (χ3v) is 11.2. The molecule has 5 heteroatoms. The van der Waals surface area contributed by atoms with Crippen LogP contribution in [-0.4, -0.2) is 19.5 Å². The molecule has 51 heavy (non-hydrogen) atoms. The van der Waals surface area contributed by atoms with E-state index >= 15 is 0 Å². The second-order valence-electron chi connectivity index (χ2n) is 14.8. The molecular formula is C46H33N5. The van der Waals surface area contributed by atoms with Gasteiger partial charge in [0.15, 0.2) is 11.6 Å². The zero-order chi connectivity index (χ0) is 34.6. The third kappa shape index (κ3) is 3.93. The molecule has 0 saturated carbocycles. The highest BCUT2D eigenvalue weighted by Crippen LogP contribution is 2.63. The Morgan fingerprint density at radius 3 is 1.73 bits per heavy atom. The molecule has 2 aliphatic carbocycles. The SMILES string of the molecule is CC1(C)c2ccccc2-c2c1c1c(c3c2c2ccccc2n3-c2nc(-c3ccccc3)nc(-c3ccc(C#N)cc3)n2)-c2ccccc2C1(C)C. The molecule has 242 valence electrons. The van der Waals surface area contributed by atoms with Crippen LogP contribution in [0.15, 0.2) is 127 Å². The molecule has 0 fully saturated rings. The first kappa shape index (κ1) is 29.5. The number of hydrogen-bond acceptors (Lipinski definition) is 4. The molecule has 2 aliphatic rings. The standard InChI is InChI=1S/C46H33N5/c1-45(2)33-19-11-8-16-30(33)36-37-32-18-10-13-21-35(32)51(41(37)38-31-17-9-12-20-34(31)46(3,4)40(38)39(36)45)44-49-42(28-14-6-5-7-15-28)48-43(50-44)29-24-22-27(26-47)23-25-29/h5-25H,1-4H3. The quantitative estimate of drug-likeness (QED) is 0.190. The highest BCUT2D eigenvalue weighted by Gasteiger charge is 2.48. The fourth-order valence-electron chi connectivity index (χ4n) is 8.98. The van der Waals surface area contributed by atoms with Crippen LogP contribution >= 0.6 is 0 Å². The molecule has 2 heterocycles. The first-order chi connectivity index (χ1) is 24.8. The lowest BCUT2D eigenvalue weighted by Gasteiger charge is -2.31. The Kier molecular flexibility index (Phi) is 5.98. The predicted molar refractivity (Wildman–Crippen MR) is 205 cm³/mol. The fourth-order valence-corrected chi connectivity index (χ4v) is 8.98. The van der Waals surface area contributed by atoms with E-state index in [2.05, 4.69) is 111 Å². The van der Waals surface area contributed by atoms with E-state index in [9.17, 15) is 5.26 Å². The van der Waals surface area contributed by atoms with Crippen molar-refractivity contribution >= 4 is 21.8 Å². The average Bonchev–Trinajstić information content (AvgIpc) is 3.72. The Hall–Kier alpha value is -6.38. The van der Waals surface area contributed by atoms with Gasteiger partial charge in [0.2, 0.25) is 5.95 Å². The number of hydrogen-bond donors (Lipinski definition) is 0. The molecule has 0 atom stereocenters. The summed E-state index contributed by atoms with van der Waals surface area (Å²) in [6.07, 6.45) is 0. The second-order valence-corrected chi connectivity index (χ2v) is 14.8. The van der Waals surface area contributed by atoms with Gasteiger partial charge in [0.1, 0.15) is 0 Å². The molecule has 10 rings (SSSR count). The lowest BCUT2D eigenvalue weighted by molar-refractivity contribution is 0.602. The zero-order valence-electron chi connectivity index (χ0n) is 28.9. The molecule has 0 radical (unpaired) electrons. The normalized spacial score (nSPS) is 14.6. The molecule has 0 saturated heterocycles. The van der Waals surface area contributed by atoms with Gasteiger partial charge in [-0.1, -0.05) is 125 Å². The van der Waals surface area contributed by atoms with Gasteiger partial charge in [0, 0.05) is 38.3 Å². The van der Waals surface area contributed by atoms with E-state index in [1.807, 2.05) is 54.6 Å². The van der Waals surface area contributed by atoms with Crippen LogP contribution in [0.2, 0.25) is 0 Å². The van der Waals surface area contributed by atoms with Crippen molar-refractivity contribution < 1.29 is 0 Å². The van der Waals surface area contributed by atoms with Crippen LogP contribution in [0.3, 0.4) is 0 Å². The van der Waals surface area contributed by atoms with E-state index in [1.54, 1.807) is 0 Å². The Balaban J connectivity index is 1.42. The van der Waals surface area contributed by atoms with Gasteiger partial charge in [0.25, 0.3) is 0 Å². The molecule has 0 bridgehead atoms. The molecule has 8 aromatic rings. The first-order valence-electron chi connectivity index (χ1n) is 17.5. The highest BCUT2D eigenvalue weighted by atomic mass is 15.2. The van der Waals surface area contributed by atoms with Crippen molar-refractivity contribution in [3.8, 4) is 57.0 Å². The van der Waals surface area contributed by atoms with Gasteiger partial charge in [-0.25, -0.2) is 4.98 Å². The number of para-hydroxylation sites is 1. The van der Waals surface area contributed by atoms with Crippen LogP contribution in [0.1, 0.15) is 55.5 Å². The van der Waals surface area contributed by atoms with E-state index in [-0.39, 0.29) is 10.8 Å². The summed E-state index contributed by atoms with van der Waals surface area (Å²) in [4.78, 5) is 15.6. The van der Waals surface area contributed by atoms with Gasteiger partial charge in [-0.3, -0.25) is 4.57 Å². The van der Waals surface area contributed by atoms with Crippen LogP contribution in [-0.2, 0) is 10.8 Å². The summed E-state index contributed by atoms with van der Waals surface area (Å²) in [6.45, 7) is 9.55. The number of aromatic nitrogens is 4. The van der Waals surface area contributed by atoms with Gasteiger partial charge >= 0.3 is 0 Å². The summed E-state index contributed by atoms with van der Waals surface area (Å²) in [6, 6.07) is 46.4. The van der Waals surface area contributed by atoms with Crippen LogP contribution < -0.4 is 0 Å². The zero-order valence-corrected chi connectivity index (χ0v) is 28.9. The number of nitriles is 1. The summed E-state index contributed by atoms with van der Waals surface area (Å²) >= 11 is 0. The molecule has 0 unspecified atom stereocenters. The fraction of sp³-hybridized carbons (Fsp3) is 0.130. The number of rotatable bonds is 3. The van der Waals surface area contributed by atoms with E-state index in [0.717, 1.165) is 22.2 Å². The Bertz CT molecular complexity index is 2800. The molecule has 0 amide bonds. The third-order valence-electron chi connectivity index (χ3n) is 11.2. The van der Waals surface area contributed by atoms with E-state index in [4.69, 9.17) is 15.0 Å².